The first-order valence-electron chi connectivity index (χ1n) is 7.53. The third-order valence-corrected chi connectivity index (χ3v) is 3.86. The van der Waals surface area contributed by atoms with E-state index in [0.29, 0.717) is 17.6 Å². The Labute approximate surface area is 138 Å². The van der Waals surface area contributed by atoms with Gasteiger partial charge in [0.15, 0.2) is 0 Å². The maximum atomic E-state index is 6.06. The maximum Gasteiger partial charge on any atom is 0.135 e. The van der Waals surface area contributed by atoms with Crippen LogP contribution in [0.2, 0.25) is 5.15 Å². The van der Waals surface area contributed by atoms with Crippen molar-refractivity contribution in [3.05, 3.63) is 59.3 Å². The number of hydrogen-bond acceptors (Lipinski definition) is 5. The Bertz CT molecular complexity index is 812. The highest BCUT2D eigenvalue weighted by Gasteiger charge is 2.27. The van der Waals surface area contributed by atoms with Gasteiger partial charge in [0.1, 0.15) is 22.5 Å². The summed E-state index contributed by atoms with van der Waals surface area (Å²) in [6.07, 6.45) is 4.18. The number of nitrogens with one attached hydrogen (secondary N) is 1. The molecule has 0 amide bonds. The van der Waals surface area contributed by atoms with Gasteiger partial charge in [-0.1, -0.05) is 35.0 Å². The minimum absolute atomic E-state index is 0.466. The third kappa shape index (κ3) is 3.32. The van der Waals surface area contributed by atoms with Crippen LogP contribution >= 0.6 is 11.6 Å². The van der Waals surface area contributed by atoms with Crippen LogP contribution in [0.5, 0.6) is 0 Å². The zero-order valence-corrected chi connectivity index (χ0v) is 13.1. The Kier molecular flexibility index (Phi) is 3.67. The summed E-state index contributed by atoms with van der Waals surface area (Å²) in [6, 6.07) is 11.6. The van der Waals surface area contributed by atoms with E-state index in [1.165, 1.54) is 0 Å². The average Bonchev–Trinajstić information content (AvgIpc) is 3.32. The molecule has 0 radical (unpaired) electrons. The average molecular weight is 327 g/mol. The van der Waals surface area contributed by atoms with Gasteiger partial charge in [-0.15, -0.1) is 5.10 Å². The van der Waals surface area contributed by atoms with Crippen molar-refractivity contribution < 1.29 is 0 Å². The number of rotatable bonds is 5. The van der Waals surface area contributed by atoms with Crippen molar-refractivity contribution >= 4 is 17.4 Å². The van der Waals surface area contributed by atoms with Crippen LogP contribution in [-0.4, -0.2) is 25.0 Å². The second-order valence-corrected chi connectivity index (χ2v) is 5.94. The zero-order chi connectivity index (χ0) is 15.6. The highest BCUT2D eigenvalue weighted by Crippen LogP contribution is 2.38. The number of nitrogens with zero attached hydrogens (tertiary/aromatic N) is 5. The van der Waals surface area contributed by atoms with Crippen LogP contribution in [0.3, 0.4) is 0 Å². The summed E-state index contributed by atoms with van der Waals surface area (Å²) in [5, 5.41) is 12.0. The molecule has 4 rings (SSSR count). The molecule has 0 saturated heterocycles. The predicted octanol–water partition coefficient (Wildman–Crippen LogP) is 3.20. The monoisotopic (exact) mass is 326 g/mol. The number of para-hydroxylation sites is 1. The molecule has 6 nitrogen and oxygen atoms in total. The molecule has 23 heavy (non-hydrogen) atoms. The number of benzene rings is 1. The number of halogens is 1. The minimum Gasteiger partial charge on any atom is -0.364 e. The van der Waals surface area contributed by atoms with Crippen molar-refractivity contribution in [1.29, 1.82) is 0 Å². The number of anilines is 1. The Hall–Kier alpha value is -2.47. The van der Waals surface area contributed by atoms with E-state index in [4.69, 9.17) is 11.6 Å². The van der Waals surface area contributed by atoms with Gasteiger partial charge in [0.05, 0.1) is 18.4 Å². The first-order valence-corrected chi connectivity index (χ1v) is 7.91. The summed E-state index contributed by atoms with van der Waals surface area (Å²) < 4.78 is 1.75. The van der Waals surface area contributed by atoms with E-state index in [-0.39, 0.29) is 0 Å². The molecule has 1 N–H and O–H groups in total. The van der Waals surface area contributed by atoms with Crippen LogP contribution in [0.4, 0.5) is 5.82 Å². The van der Waals surface area contributed by atoms with Gasteiger partial charge in [0, 0.05) is 12.0 Å². The standard InChI is InChI=1S/C16H15ClN6/c17-14-8-15(20-16(19-14)11-6-7-11)18-9-12-10-23(22-21-12)13-4-2-1-3-5-13/h1-5,8,10-11H,6-7,9H2,(H,18,19,20). The highest BCUT2D eigenvalue weighted by molar-refractivity contribution is 6.29. The summed E-state index contributed by atoms with van der Waals surface area (Å²) in [4.78, 5) is 8.79. The fourth-order valence-electron chi connectivity index (χ4n) is 2.32. The van der Waals surface area contributed by atoms with Crippen molar-refractivity contribution in [2.45, 2.75) is 25.3 Å². The second kappa shape index (κ2) is 5.96. The largest absolute Gasteiger partial charge is 0.364 e. The molecule has 2 heterocycles. The van der Waals surface area contributed by atoms with Crippen molar-refractivity contribution in [3.8, 4) is 5.69 Å². The van der Waals surface area contributed by atoms with Crippen molar-refractivity contribution in [3.63, 3.8) is 0 Å². The van der Waals surface area contributed by atoms with Gasteiger partial charge in [-0.05, 0) is 25.0 Å². The lowest BCUT2D eigenvalue weighted by atomic mass is 10.3. The number of hydrogen-bond donors (Lipinski definition) is 1. The second-order valence-electron chi connectivity index (χ2n) is 5.55. The smallest absolute Gasteiger partial charge is 0.135 e. The quantitative estimate of drug-likeness (QED) is 0.729. The summed E-state index contributed by atoms with van der Waals surface area (Å²) in [6.45, 7) is 0.532. The highest BCUT2D eigenvalue weighted by atomic mass is 35.5. The van der Waals surface area contributed by atoms with E-state index in [0.717, 1.165) is 35.9 Å². The lowest BCUT2D eigenvalue weighted by Gasteiger charge is -2.05. The van der Waals surface area contributed by atoms with Crippen LogP contribution in [0.15, 0.2) is 42.6 Å². The molecule has 2 aromatic heterocycles. The third-order valence-electron chi connectivity index (χ3n) is 3.67. The van der Waals surface area contributed by atoms with Gasteiger partial charge in [0.25, 0.3) is 0 Å². The van der Waals surface area contributed by atoms with Crippen molar-refractivity contribution in [2.75, 3.05) is 5.32 Å². The fourth-order valence-corrected chi connectivity index (χ4v) is 2.51. The van der Waals surface area contributed by atoms with Gasteiger partial charge in [-0.3, -0.25) is 0 Å². The SMILES string of the molecule is Clc1cc(NCc2cn(-c3ccccc3)nn2)nc(C2CC2)n1. The molecule has 116 valence electrons. The maximum absolute atomic E-state index is 6.06. The van der Waals surface area contributed by atoms with Gasteiger partial charge in [0.2, 0.25) is 0 Å². The molecule has 1 aromatic carbocycles. The molecular formula is C16H15ClN6. The van der Waals surface area contributed by atoms with E-state index in [2.05, 4.69) is 25.6 Å². The molecule has 1 aliphatic rings. The molecule has 1 aliphatic carbocycles. The first-order chi connectivity index (χ1) is 11.3. The lowest BCUT2D eigenvalue weighted by Crippen LogP contribution is -2.04. The molecule has 7 heteroatoms. The van der Waals surface area contributed by atoms with E-state index >= 15 is 0 Å². The van der Waals surface area contributed by atoms with Gasteiger partial charge in [-0.2, -0.15) is 0 Å². The van der Waals surface area contributed by atoms with Crippen LogP contribution in [-0.2, 0) is 6.54 Å². The molecule has 0 unspecified atom stereocenters. The Morgan fingerprint density at radius 1 is 1.17 bits per heavy atom. The first kappa shape index (κ1) is 14.1. The number of aromatic nitrogens is 5. The molecule has 3 aromatic rings. The fraction of sp³-hybridized carbons (Fsp3) is 0.250. The normalized spacial score (nSPS) is 14.0. The predicted molar refractivity (Wildman–Crippen MR) is 87.7 cm³/mol. The lowest BCUT2D eigenvalue weighted by molar-refractivity contribution is 0.798. The summed E-state index contributed by atoms with van der Waals surface area (Å²) in [5.41, 5.74) is 1.81. The molecule has 1 saturated carbocycles. The van der Waals surface area contributed by atoms with E-state index in [1.54, 1.807) is 10.7 Å². The Morgan fingerprint density at radius 2 is 2.00 bits per heavy atom. The van der Waals surface area contributed by atoms with Crippen LogP contribution in [0, 0.1) is 0 Å². The molecule has 1 fully saturated rings. The van der Waals surface area contributed by atoms with E-state index < -0.39 is 0 Å². The van der Waals surface area contributed by atoms with Crippen LogP contribution in [0.1, 0.15) is 30.3 Å². The summed E-state index contributed by atoms with van der Waals surface area (Å²) in [5.74, 6) is 2.02. The minimum atomic E-state index is 0.466. The molecule has 0 aliphatic heterocycles. The van der Waals surface area contributed by atoms with Gasteiger partial charge >= 0.3 is 0 Å². The Morgan fingerprint density at radius 3 is 2.78 bits per heavy atom. The van der Waals surface area contributed by atoms with Gasteiger partial charge < -0.3 is 5.32 Å². The molecule has 0 spiro atoms. The summed E-state index contributed by atoms with van der Waals surface area (Å²) >= 11 is 6.06. The topological polar surface area (TPSA) is 68.5 Å². The van der Waals surface area contributed by atoms with E-state index in [9.17, 15) is 0 Å². The van der Waals surface area contributed by atoms with Crippen LogP contribution in [0.25, 0.3) is 5.69 Å². The van der Waals surface area contributed by atoms with Gasteiger partial charge in [-0.25, -0.2) is 14.6 Å². The van der Waals surface area contributed by atoms with Crippen molar-refractivity contribution in [2.24, 2.45) is 0 Å². The summed E-state index contributed by atoms with van der Waals surface area (Å²) in [7, 11) is 0. The molecule has 0 bridgehead atoms. The van der Waals surface area contributed by atoms with Crippen molar-refractivity contribution in [1.82, 2.24) is 25.0 Å². The zero-order valence-electron chi connectivity index (χ0n) is 12.4. The molecule has 0 atom stereocenters. The van der Waals surface area contributed by atoms with Crippen LogP contribution < -0.4 is 5.32 Å². The van der Waals surface area contributed by atoms with E-state index in [1.807, 2.05) is 36.5 Å². The molecular weight excluding hydrogens is 312 g/mol. The Balaban J connectivity index is 1.46.